The monoisotopic (exact) mass is 537 g/mol. The number of Topliss-reactive ketones (excluding diaryl/α,β-unsaturated/α-hetero) is 1. The van der Waals surface area contributed by atoms with Crippen molar-refractivity contribution in [3.8, 4) is 33.2 Å². The molecule has 0 bridgehead atoms. The highest BCUT2D eigenvalue weighted by atomic mass is 32.1. The van der Waals surface area contributed by atoms with Crippen LogP contribution < -0.4 is 5.32 Å². The number of rotatable bonds is 6. The Morgan fingerprint density at radius 2 is 1.95 bits per heavy atom. The third kappa shape index (κ3) is 4.16. The molecule has 3 N–H and O–H groups in total. The fourth-order valence-electron chi connectivity index (χ4n) is 4.57. The Morgan fingerprint density at radius 3 is 2.74 bits per heavy atom. The van der Waals surface area contributed by atoms with Crippen LogP contribution >= 0.6 is 11.3 Å². The summed E-state index contributed by atoms with van der Waals surface area (Å²) in [5.74, 6) is 0.0170. The number of carbonyl (C=O) groups excluding carboxylic acids is 2. The van der Waals surface area contributed by atoms with Gasteiger partial charge in [0.25, 0.3) is 0 Å². The van der Waals surface area contributed by atoms with E-state index in [1.807, 2.05) is 18.2 Å². The Kier molecular flexibility index (Phi) is 5.34. The summed E-state index contributed by atoms with van der Waals surface area (Å²) < 4.78 is 15.2. The Hall–Kier alpha value is -4.77. The number of carbonyl (C=O) groups is 2. The number of hydrogen-bond donors (Lipinski definition) is 3. The number of imidazole rings is 1. The van der Waals surface area contributed by atoms with Crippen LogP contribution in [0.4, 0.5) is 10.1 Å². The summed E-state index contributed by atoms with van der Waals surface area (Å²) in [6, 6.07) is 10.5. The Balaban J connectivity index is 1.30. The molecule has 0 saturated heterocycles. The number of aromatic nitrogens is 6. The van der Waals surface area contributed by atoms with Gasteiger partial charge in [-0.05, 0) is 61.7 Å². The number of benzene rings is 1. The second-order valence-corrected chi connectivity index (χ2v) is 10.6. The molecule has 192 valence electrons. The normalized spacial score (nSPS) is 13.3. The maximum atomic E-state index is 15.2. The lowest BCUT2D eigenvalue weighted by molar-refractivity contribution is -0.117. The fourth-order valence-corrected chi connectivity index (χ4v) is 5.47. The van der Waals surface area contributed by atoms with Gasteiger partial charge in [0, 0.05) is 29.3 Å². The van der Waals surface area contributed by atoms with Crippen molar-refractivity contribution in [3.63, 3.8) is 0 Å². The molecule has 7 rings (SSSR count). The van der Waals surface area contributed by atoms with Crippen LogP contribution in [0.25, 0.3) is 55.2 Å². The van der Waals surface area contributed by atoms with Gasteiger partial charge in [0.15, 0.2) is 17.4 Å². The van der Waals surface area contributed by atoms with Crippen molar-refractivity contribution in [2.24, 2.45) is 5.92 Å². The van der Waals surface area contributed by atoms with E-state index in [1.54, 1.807) is 30.7 Å². The van der Waals surface area contributed by atoms with Gasteiger partial charge in [-0.3, -0.25) is 24.7 Å². The van der Waals surface area contributed by atoms with Crippen LogP contribution in [0.1, 0.15) is 29.4 Å². The van der Waals surface area contributed by atoms with Crippen molar-refractivity contribution in [2.45, 2.75) is 19.8 Å². The molecular formula is C28H20FN7O2S. The van der Waals surface area contributed by atoms with E-state index in [0.717, 1.165) is 23.2 Å². The topological polar surface area (TPSA) is 129 Å². The molecule has 1 saturated carbocycles. The first-order valence-corrected chi connectivity index (χ1v) is 13.2. The van der Waals surface area contributed by atoms with Crippen molar-refractivity contribution in [1.29, 1.82) is 0 Å². The third-order valence-corrected chi connectivity index (χ3v) is 7.92. The van der Waals surface area contributed by atoms with Gasteiger partial charge in [0.2, 0.25) is 5.91 Å². The van der Waals surface area contributed by atoms with E-state index in [2.05, 4.69) is 30.5 Å². The summed E-state index contributed by atoms with van der Waals surface area (Å²) in [5, 5.41) is 10.6. The molecule has 1 aliphatic rings. The quantitative estimate of drug-likeness (QED) is 0.224. The van der Waals surface area contributed by atoms with Crippen LogP contribution in [0.3, 0.4) is 0 Å². The van der Waals surface area contributed by atoms with Gasteiger partial charge in [-0.1, -0.05) is 0 Å². The second-order valence-electron chi connectivity index (χ2n) is 9.54. The number of halogens is 1. The number of thiophene rings is 1. The molecular weight excluding hydrogens is 517 g/mol. The SMILES string of the molecule is CC(=O)c1ccc(-c2nccc3[nH]c(-c4[nH]nc5c(F)cc(-c6cncc(NC(=O)C7CC7)c6)cc45)nc23)s1. The first-order valence-electron chi connectivity index (χ1n) is 12.3. The first-order chi connectivity index (χ1) is 18.9. The molecule has 6 aromatic rings. The predicted molar refractivity (Wildman–Crippen MR) is 147 cm³/mol. The summed E-state index contributed by atoms with van der Waals surface area (Å²) in [6.45, 7) is 1.53. The minimum atomic E-state index is -0.494. The molecule has 9 nitrogen and oxygen atoms in total. The Morgan fingerprint density at radius 1 is 1.08 bits per heavy atom. The molecule has 0 atom stereocenters. The number of hydrogen-bond acceptors (Lipinski definition) is 7. The molecule has 5 aromatic heterocycles. The summed E-state index contributed by atoms with van der Waals surface area (Å²) >= 11 is 1.36. The van der Waals surface area contributed by atoms with E-state index in [1.165, 1.54) is 24.3 Å². The number of nitrogens with zero attached hydrogens (tertiary/aromatic N) is 4. The highest BCUT2D eigenvalue weighted by Gasteiger charge is 2.29. The van der Waals surface area contributed by atoms with E-state index in [0.29, 0.717) is 49.8 Å². The zero-order valence-corrected chi connectivity index (χ0v) is 21.4. The molecule has 5 heterocycles. The Bertz CT molecular complexity index is 1940. The molecule has 1 aromatic carbocycles. The average molecular weight is 538 g/mol. The molecule has 0 spiro atoms. The van der Waals surface area contributed by atoms with E-state index in [4.69, 9.17) is 4.98 Å². The minimum Gasteiger partial charge on any atom is -0.337 e. The summed E-state index contributed by atoms with van der Waals surface area (Å²) in [4.78, 5) is 42.3. The lowest BCUT2D eigenvalue weighted by Crippen LogP contribution is -2.13. The lowest BCUT2D eigenvalue weighted by atomic mass is 10.0. The van der Waals surface area contributed by atoms with Crippen molar-refractivity contribution >= 4 is 50.7 Å². The number of ketones is 1. The smallest absolute Gasteiger partial charge is 0.227 e. The van der Waals surface area contributed by atoms with Gasteiger partial charge >= 0.3 is 0 Å². The van der Waals surface area contributed by atoms with Crippen LogP contribution in [-0.2, 0) is 4.79 Å². The summed E-state index contributed by atoms with van der Waals surface area (Å²) in [5.41, 5.74) is 4.55. The van der Waals surface area contributed by atoms with Crippen LogP contribution in [0.15, 0.2) is 55.0 Å². The van der Waals surface area contributed by atoms with E-state index in [9.17, 15) is 9.59 Å². The molecule has 39 heavy (non-hydrogen) atoms. The maximum Gasteiger partial charge on any atom is 0.227 e. The van der Waals surface area contributed by atoms with E-state index >= 15 is 4.39 Å². The largest absolute Gasteiger partial charge is 0.337 e. The highest BCUT2D eigenvalue weighted by molar-refractivity contribution is 7.17. The van der Waals surface area contributed by atoms with Gasteiger partial charge in [-0.2, -0.15) is 5.10 Å². The van der Waals surface area contributed by atoms with Gasteiger partial charge in [-0.15, -0.1) is 11.3 Å². The number of nitrogens with one attached hydrogen (secondary N) is 3. The molecule has 0 aliphatic heterocycles. The van der Waals surface area contributed by atoms with Crippen LogP contribution in [0.5, 0.6) is 0 Å². The van der Waals surface area contributed by atoms with Crippen molar-refractivity contribution < 1.29 is 14.0 Å². The van der Waals surface area contributed by atoms with E-state index in [-0.39, 0.29) is 23.1 Å². The van der Waals surface area contributed by atoms with Crippen LogP contribution in [0, 0.1) is 11.7 Å². The maximum absolute atomic E-state index is 15.2. The lowest BCUT2D eigenvalue weighted by Gasteiger charge is -2.07. The number of H-pyrrole nitrogens is 2. The number of amides is 1. The highest BCUT2D eigenvalue weighted by Crippen LogP contribution is 2.36. The third-order valence-electron chi connectivity index (χ3n) is 6.72. The van der Waals surface area contributed by atoms with Gasteiger partial charge in [0.1, 0.15) is 22.4 Å². The predicted octanol–water partition coefficient (Wildman–Crippen LogP) is 5.98. The average Bonchev–Trinajstić information content (AvgIpc) is 3.31. The Labute approximate surface area is 224 Å². The first kappa shape index (κ1) is 23.4. The van der Waals surface area contributed by atoms with E-state index < -0.39 is 5.82 Å². The van der Waals surface area contributed by atoms with Crippen molar-refractivity contribution in [2.75, 3.05) is 5.32 Å². The van der Waals surface area contributed by atoms with Crippen molar-refractivity contribution in [1.82, 2.24) is 30.1 Å². The number of aromatic amines is 2. The van der Waals surface area contributed by atoms with Gasteiger partial charge in [0.05, 0.1) is 27.2 Å². The van der Waals surface area contributed by atoms with Gasteiger partial charge < -0.3 is 10.3 Å². The summed E-state index contributed by atoms with van der Waals surface area (Å²) in [6.07, 6.45) is 6.68. The van der Waals surface area contributed by atoms with Crippen LogP contribution in [-0.4, -0.2) is 41.8 Å². The second kappa shape index (κ2) is 8.91. The molecule has 1 aliphatic carbocycles. The number of fused-ring (bicyclic) bond motifs is 2. The zero-order chi connectivity index (χ0) is 26.7. The molecule has 1 amide bonds. The number of pyridine rings is 2. The fraction of sp³-hybridized carbons (Fsp3) is 0.143. The van der Waals surface area contributed by atoms with Crippen molar-refractivity contribution in [3.05, 3.63) is 65.7 Å². The molecule has 1 fully saturated rings. The molecule has 11 heteroatoms. The number of anilines is 1. The standard InChI is InChI=1S/C28H20FN7O2S/c1-13(37)21-4-5-22(39-21)26-25-20(6-7-31-26)33-27(34-25)24-18-9-15(10-19(29)23(18)35-36-24)16-8-17(12-30-11-16)32-28(38)14-2-3-14/h4-12,14H,2-3H2,1H3,(H,32,38)(H,33,34)(H,35,36). The van der Waals surface area contributed by atoms with Crippen LogP contribution in [0.2, 0.25) is 0 Å². The van der Waals surface area contributed by atoms with Gasteiger partial charge in [-0.25, -0.2) is 9.37 Å². The molecule has 0 unspecified atom stereocenters. The summed E-state index contributed by atoms with van der Waals surface area (Å²) in [7, 11) is 0. The molecule has 0 radical (unpaired) electrons. The minimum absolute atomic E-state index is 0.00562. The zero-order valence-electron chi connectivity index (χ0n) is 20.6.